The molecule has 0 saturated carbocycles. The number of H-pyrrole nitrogens is 2. The summed E-state index contributed by atoms with van der Waals surface area (Å²) in [6.07, 6.45) is 1.55. The predicted molar refractivity (Wildman–Crippen MR) is 90.5 cm³/mol. The zero-order valence-electron chi connectivity index (χ0n) is 12.2. The molecule has 0 bridgehead atoms. The van der Waals surface area contributed by atoms with E-state index in [1.54, 1.807) is 36.5 Å². The van der Waals surface area contributed by atoms with Crippen molar-refractivity contribution in [1.82, 2.24) is 15.3 Å². The Labute approximate surface area is 137 Å². The van der Waals surface area contributed by atoms with Gasteiger partial charge in [-0.05, 0) is 18.2 Å². The highest BCUT2D eigenvalue weighted by atomic mass is 32.1. The van der Waals surface area contributed by atoms with Gasteiger partial charge in [-0.15, -0.1) is 11.3 Å². The van der Waals surface area contributed by atoms with Crippen LogP contribution in [-0.4, -0.2) is 15.9 Å². The molecule has 3 heterocycles. The zero-order chi connectivity index (χ0) is 16.7. The highest BCUT2D eigenvalue weighted by molar-refractivity contribution is 7.20. The normalized spacial score (nSPS) is 11.2. The lowest BCUT2D eigenvalue weighted by Crippen LogP contribution is -2.21. The largest absolute Gasteiger partial charge is 0.417 e. The molecule has 3 aromatic heterocycles. The van der Waals surface area contributed by atoms with E-state index in [4.69, 9.17) is 4.42 Å². The number of carbonyl (C=O) groups excluding carboxylic acids is 1. The minimum Gasteiger partial charge on any atom is -0.407 e. The Morgan fingerprint density at radius 3 is 2.96 bits per heavy atom. The first kappa shape index (κ1) is 14.5. The summed E-state index contributed by atoms with van der Waals surface area (Å²) in [7, 11) is 0. The number of fused-ring (bicyclic) bond motifs is 2. The number of para-hydroxylation sites is 1. The van der Waals surface area contributed by atoms with Gasteiger partial charge in [0.1, 0.15) is 4.70 Å². The quantitative estimate of drug-likeness (QED) is 0.529. The summed E-state index contributed by atoms with van der Waals surface area (Å²) in [4.78, 5) is 40.9. The van der Waals surface area contributed by atoms with Crippen molar-refractivity contribution in [2.75, 3.05) is 0 Å². The molecule has 120 valence electrons. The fourth-order valence-electron chi connectivity index (χ4n) is 2.52. The number of carbonyl (C=O) groups is 1. The number of rotatable bonds is 3. The molecular formula is C16H11N3O4S. The lowest BCUT2D eigenvalue weighted by atomic mass is 10.2. The van der Waals surface area contributed by atoms with Crippen LogP contribution in [-0.2, 0) is 6.54 Å². The maximum absolute atomic E-state index is 12.3. The van der Waals surface area contributed by atoms with Crippen molar-refractivity contribution in [3.8, 4) is 0 Å². The van der Waals surface area contributed by atoms with Crippen LogP contribution in [0.5, 0.6) is 0 Å². The van der Waals surface area contributed by atoms with Crippen molar-refractivity contribution in [1.29, 1.82) is 0 Å². The first-order chi connectivity index (χ1) is 11.6. The average molecular weight is 341 g/mol. The van der Waals surface area contributed by atoms with E-state index in [1.807, 2.05) is 0 Å². The molecule has 0 aliphatic heterocycles. The van der Waals surface area contributed by atoms with Crippen LogP contribution in [0, 0.1) is 0 Å². The summed E-state index contributed by atoms with van der Waals surface area (Å²) in [5.41, 5.74) is 1.49. The molecule has 1 aromatic carbocycles. The monoisotopic (exact) mass is 341 g/mol. The number of oxazole rings is 1. The molecular weight excluding hydrogens is 330 g/mol. The second kappa shape index (κ2) is 5.50. The van der Waals surface area contributed by atoms with E-state index in [9.17, 15) is 14.4 Å². The Bertz CT molecular complexity index is 1180. The molecule has 0 aliphatic rings. The molecule has 1 amide bonds. The number of thiophene rings is 1. The van der Waals surface area contributed by atoms with Crippen LogP contribution in [0.1, 0.15) is 15.2 Å². The van der Waals surface area contributed by atoms with Gasteiger partial charge < -0.3 is 14.7 Å². The van der Waals surface area contributed by atoms with E-state index in [0.717, 1.165) is 16.7 Å². The molecule has 0 fully saturated rings. The molecule has 0 radical (unpaired) electrons. The fourth-order valence-corrected chi connectivity index (χ4v) is 3.49. The van der Waals surface area contributed by atoms with E-state index in [2.05, 4.69) is 15.3 Å². The molecule has 0 saturated heterocycles. The Morgan fingerprint density at radius 1 is 1.25 bits per heavy atom. The Kier molecular flexibility index (Phi) is 3.31. The van der Waals surface area contributed by atoms with Gasteiger partial charge in [0.15, 0.2) is 5.58 Å². The van der Waals surface area contributed by atoms with Crippen molar-refractivity contribution < 1.29 is 9.21 Å². The number of nitrogens with one attached hydrogen (secondary N) is 3. The summed E-state index contributed by atoms with van der Waals surface area (Å²) in [5, 5.41) is 3.51. The second-order valence-corrected chi connectivity index (χ2v) is 6.25. The first-order valence-electron chi connectivity index (χ1n) is 7.12. The summed E-state index contributed by atoms with van der Waals surface area (Å²) in [5.74, 6) is -0.821. The predicted octanol–water partition coefficient (Wildman–Crippen LogP) is 1.95. The molecule has 24 heavy (non-hydrogen) atoms. The summed E-state index contributed by atoms with van der Waals surface area (Å²) in [6.45, 7) is 0.210. The van der Waals surface area contributed by atoms with Crippen molar-refractivity contribution in [2.24, 2.45) is 0 Å². The SMILES string of the molecule is O=C(NCc1cccc2[nH]c(=O)oc12)c1cc2cc[nH]c(=O)c2s1. The average Bonchev–Trinajstić information content (AvgIpc) is 3.16. The van der Waals surface area contributed by atoms with Gasteiger partial charge in [-0.3, -0.25) is 14.6 Å². The molecule has 0 unspecified atom stereocenters. The van der Waals surface area contributed by atoms with E-state index in [-0.39, 0.29) is 18.0 Å². The Balaban J connectivity index is 1.60. The van der Waals surface area contributed by atoms with Gasteiger partial charge in [-0.1, -0.05) is 12.1 Å². The van der Waals surface area contributed by atoms with E-state index in [1.165, 1.54) is 0 Å². The molecule has 4 aromatic rings. The van der Waals surface area contributed by atoms with Gasteiger partial charge in [0.2, 0.25) is 0 Å². The first-order valence-corrected chi connectivity index (χ1v) is 7.93. The number of amides is 1. The number of hydrogen-bond acceptors (Lipinski definition) is 5. The van der Waals surface area contributed by atoms with Crippen molar-refractivity contribution >= 4 is 38.4 Å². The van der Waals surface area contributed by atoms with E-state index in [0.29, 0.717) is 26.2 Å². The van der Waals surface area contributed by atoms with Gasteiger partial charge >= 0.3 is 5.76 Å². The molecule has 0 aliphatic carbocycles. The zero-order valence-corrected chi connectivity index (χ0v) is 13.0. The molecule has 4 rings (SSSR count). The third-order valence-electron chi connectivity index (χ3n) is 3.64. The van der Waals surface area contributed by atoms with E-state index < -0.39 is 5.76 Å². The summed E-state index contributed by atoms with van der Waals surface area (Å²) >= 11 is 1.14. The van der Waals surface area contributed by atoms with Crippen LogP contribution in [0.4, 0.5) is 0 Å². The van der Waals surface area contributed by atoms with Gasteiger partial charge in [-0.25, -0.2) is 4.79 Å². The molecule has 0 spiro atoms. The number of aromatic nitrogens is 2. The van der Waals surface area contributed by atoms with Crippen LogP contribution < -0.4 is 16.6 Å². The topological polar surface area (TPSA) is 108 Å². The summed E-state index contributed by atoms with van der Waals surface area (Å²) in [6, 6.07) is 8.70. The molecule has 0 atom stereocenters. The molecule has 3 N–H and O–H groups in total. The fraction of sp³-hybridized carbons (Fsp3) is 0.0625. The third kappa shape index (κ3) is 2.42. The standard InChI is InChI=1S/C16H11N3O4S/c20-14(11-6-8-4-5-17-15(21)13(8)24-11)18-7-9-2-1-3-10-12(9)23-16(22)19-10/h1-6H,7H2,(H,17,21)(H,18,20)(H,19,22). The number of aromatic amines is 2. The third-order valence-corrected chi connectivity index (χ3v) is 4.78. The molecule has 8 heteroatoms. The number of pyridine rings is 1. The van der Waals surface area contributed by atoms with Crippen molar-refractivity contribution in [3.05, 3.63) is 67.9 Å². The smallest absolute Gasteiger partial charge is 0.407 e. The van der Waals surface area contributed by atoms with Gasteiger partial charge in [0, 0.05) is 23.7 Å². The maximum Gasteiger partial charge on any atom is 0.417 e. The summed E-state index contributed by atoms with van der Waals surface area (Å²) < 4.78 is 5.61. The van der Waals surface area contributed by atoms with Crippen molar-refractivity contribution in [2.45, 2.75) is 6.54 Å². The minimum absolute atomic E-state index is 0.210. The Morgan fingerprint density at radius 2 is 2.12 bits per heavy atom. The van der Waals surface area contributed by atoms with Gasteiger partial charge in [0.05, 0.1) is 10.4 Å². The number of benzene rings is 1. The highest BCUT2D eigenvalue weighted by Gasteiger charge is 2.13. The van der Waals surface area contributed by atoms with Gasteiger partial charge in [-0.2, -0.15) is 0 Å². The van der Waals surface area contributed by atoms with Crippen LogP contribution in [0.15, 0.2) is 50.5 Å². The lowest BCUT2D eigenvalue weighted by Gasteiger charge is -2.03. The van der Waals surface area contributed by atoms with Gasteiger partial charge in [0.25, 0.3) is 11.5 Å². The highest BCUT2D eigenvalue weighted by Crippen LogP contribution is 2.22. The van der Waals surface area contributed by atoms with Crippen LogP contribution in [0.3, 0.4) is 0 Å². The Hall–Kier alpha value is -3.13. The number of hydrogen-bond donors (Lipinski definition) is 3. The minimum atomic E-state index is -0.535. The maximum atomic E-state index is 12.3. The second-order valence-electron chi connectivity index (χ2n) is 5.19. The lowest BCUT2D eigenvalue weighted by molar-refractivity contribution is 0.0955. The van der Waals surface area contributed by atoms with Crippen LogP contribution >= 0.6 is 11.3 Å². The van der Waals surface area contributed by atoms with E-state index >= 15 is 0 Å². The van der Waals surface area contributed by atoms with Crippen LogP contribution in [0.2, 0.25) is 0 Å². The van der Waals surface area contributed by atoms with Crippen LogP contribution in [0.25, 0.3) is 21.2 Å². The molecule has 7 nitrogen and oxygen atoms in total. The van der Waals surface area contributed by atoms with Crippen molar-refractivity contribution in [3.63, 3.8) is 0 Å².